The van der Waals surface area contributed by atoms with Gasteiger partial charge in [0, 0.05) is 34.6 Å². The van der Waals surface area contributed by atoms with Gasteiger partial charge in [-0.2, -0.15) is 4.39 Å². The van der Waals surface area contributed by atoms with Crippen LogP contribution < -0.4 is 5.32 Å². The highest BCUT2D eigenvalue weighted by molar-refractivity contribution is 7.17. The molecular formula is C20H19FN4OS. The lowest BCUT2D eigenvalue weighted by molar-refractivity contribution is -0.129. The molecule has 0 bridgehead atoms. The van der Waals surface area contributed by atoms with E-state index in [1.54, 1.807) is 31.4 Å². The van der Waals surface area contributed by atoms with Crippen LogP contribution in [-0.2, 0) is 10.3 Å². The Balaban J connectivity index is 1.89. The molecule has 1 aromatic carbocycles. The van der Waals surface area contributed by atoms with Gasteiger partial charge in [0.2, 0.25) is 11.9 Å². The molecule has 5 nitrogen and oxygen atoms in total. The van der Waals surface area contributed by atoms with Crippen LogP contribution >= 0.6 is 11.3 Å². The molecular weight excluding hydrogens is 363 g/mol. The summed E-state index contributed by atoms with van der Waals surface area (Å²) in [6.45, 7) is 3.62. The van der Waals surface area contributed by atoms with Gasteiger partial charge in [-0.15, -0.1) is 11.3 Å². The zero-order chi connectivity index (χ0) is 19.3. The smallest absolute Gasteiger partial charge is 0.231 e. The van der Waals surface area contributed by atoms with Crippen LogP contribution in [0.2, 0.25) is 0 Å². The number of carbonyl (C=O) groups excluding carboxylic acids is 1. The van der Waals surface area contributed by atoms with E-state index in [0.717, 1.165) is 26.8 Å². The third-order valence-corrected chi connectivity index (χ3v) is 6.09. The summed E-state index contributed by atoms with van der Waals surface area (Å²) in [6, 6.07) is 7.89. The van der Waals surface area contributed by atoms with Gasteiger partial charge in [0.05, 0.1) is 12.0 Å². The fourth-order valence-electron chi connectivity index (χ4n) is 3.43. The summed E-state index contributed by atoms with van der Waals surface area (Å²) < 4.78 is 14.7. The number of guanidine groups is 1. The van der Waals surface area contributed by atoms with Gasteiger partial charge in [-0.05, 0) is 54.4 Å². The maximum absolute atomic E-state index is 13.6. The van der Waals surface area contributed by atoms with E-state index >= 15 is 0 Å². The Hall–Kier alpha value is -2.80. The average Bonchev–Trinajstić information content (AvgIpc) is 3.10. The van der Waals surface area contributed by atoms with Crippen molar-refractivity contribution in [2.75, 3.05) is 7.05 Å². The minimum Gasteiger partial charge on any atom is -0.346 e. The number of nitrogens with one attached hydrogen (secondary N) is 2. The van der Waals surface area contributed by atoms with Gasteiger partial charge in [0.25, 0.3) is 0 Å². The molecule has 4 rings (SSSR count). The predicted octanol–water partition coefficient (Wildman–Crippen LogP) is 4.01. The number of nitrogens with zero attached hydrogens (tertiary/aromatic N) is 2. The first-order valence-corrected chi connectivity index (χ1v) is 9.44. The summed E-state index contributed by atoms with van der Waals surface area (Å²) in [7, 11) is 1.59. The molecule has 2 aromatic heterocycles. The quantitative estimate of drug-likeness (QED) is 0.658. The van der Waals surface area contributed by atoms with Gasteiger partial charge in [-0.25, -0.2) is 4.98 Å². The van der Waals surface area contributed by atoms with Crippen molar-refractivity contribution in [2.24, 2.45) is 0 Å². The van der Waals surface area contributed by atoms with E-state index in [1.807, 2.05) is 24.4 Å². The molecule has 0 radical (unpaired) electrons. The number of carbonyl (C=O) groups is 1. The molecule has 1 aliphatic rings. The number of hydrogen-bond acceptors (Lipinski definition) is 4. The van der Waals surface area contributed by atoms with Gasteiger partial charge >= 0.3 is 0 Å². The number of thiophene rings is 1. The number of rotatable bonds is 2. The molecule has 3 heterocycles. The Morgan fingerprint density at radius 1 is 1.37 bits per heavy atom. The van der Waals surface area contributed by atoms with Crippen LogP contribution in [0.3, 0.4) is 0 Å². The second-order valence-electron chi connectivity index (χ2n) is 7.13. The lowest BCUT2D eigenvalue weighted by Gasteiger charge is -2.39. The Bertz CT molecular complexity index is 1070. The third-order valence-electron chi connectivity index (χ3n) is 5.12. The van der Waals surface area contributed by atoms with Gasteiger partial charge in [-0.1, -0.05) is 0 Å². The van der Waals surface area contributed by atoms with Crippen LogP contribution in [0.5, 0.6) is 0 Å². The van der Waals surface area contributed by atoms with Crippen LogP contribution in [0.15, 0.2) is 35.8 Å². The topological polar surface area (TPSA) is 69.1 Å². The van der Waals surface area contributed by atoms with E-state index in [0.29, 0.717) is 5.56 Å². The van der Waals surface area contributed by atoms with Crippen molar-refractivity contribution < 1.29 is 9.18 Å². The molecule has 0 saturated carbocycles. The molecule has 3 aromatic rings. The van der Waals surface area contributed by atoms with Crippen LogP contribution in [-0.4, -0.2) is 28.8 Å². The molecule has 1 saturated heterocycles. The van der Waals surface area contributed by atoms with Crippen LogP contribution in [0.4, 0.5) is 4.39 Å². The van der Waals surface area contributed by atoms with Crippen LogP contribution in [0, 0.1) is 18.3 Å². The fraction of sp³-hybridized carbons (Fsp3) is 0.250. The van der Waals surface area contributed by atoms with Gasteiger partial charge in [0.1, 0.15) is 0 Å². The van der Waals surface area contributed by atoms with Crippen LogP contribution in [0.1, 0.15) is 24.5 Å². The number of fused-ring (bicyclic) bond motifs is 1. The number of halogens is 1. The van der Waals surface area contributed by atoms with Gasteiger partial charge < -0.3 is 5.32 Å². The lowest BCUT2D eigenvalue weighted by Crippen LogP contribution is -2.58. The standard InChI is InChI=1S/C20H19FN4OS/c1-11-6-13(10-23-18(11)21)15-8-14(7-12-4-5-27-17(12)15)20(2)9-16(26)25(3)19(22)24-20/h4-8,10H,9H2,1-3H3,(H2,22,24)/t20-/m0/s1. The van der Waals surface area contributed by atoms with Crippen molar-refractivity contribution in [3.63, 3.8) is 0 Å². The number of hydrogen-bond donors (Lipinski definition) is 2. The number of benzene rings is 1. The monoisotopic (exact) mass is 382 g/mol. The second kappa shape index (κ2) is 6.13. The maximum Gasteiger partial charge on any atom is 0.231 e. The summed E-state index contributed by atoms with van der Waals surface area (Å²) in [5.74, 6) is -0.493. The Kier molecular flexibility index (Phi) is 3.99. The Labute approximate surface area is 160 Å². The predicted molar refractivity (Wildman–Crippen MR) is 105 cm³/mol. The summed E-state index contributed by atoms with van der Waals surface area (Å²) >= 11 is 1.62. The summed E-state index contributed by atoms with van der Waals surface area (Å²) in [5, 5.41) is 14.3. The second-order valence-corrected chi connectivity index (χ2v) is 8.05. The summed E-state index contributed by atoms with van der Waals surface area (Å²) in [4.78, 5) is 17.5. The molecule has 2 N–H and O–H groups in total. The Morgan fingerprint density at radius 2 is 2.15 bits per heavy atom. The van der Waals surface area contributed by atoms with Crippen molar-refractivity contribution in [2.45, 2.75) is 25.8 Å². The third kappa shape index (κ3) is 2.88. The van der Waals surface area contributed by atoms with E-state index < -0.39 is 11.5 Å². The zero-order valence-electron chi connectivity index (χ0n) is 15.3. The molecule has 1 amide bonds. The Morgan fingerprint density at radius 3 is 2.85 bits per heavy atom. The molecule has 27 heavy (non-hydrogen) atoms. The first kappa shape index (κ1) is 17.6. The highest BCUT2D eigenvalue weighted by atomic mass is 32.1. The van der Waals surface area contributed by atoms with Crippen molar-refractivity contribution in [1.82, 2.24) is 15.2 Å². The molecule has 0 spiro atoms. The minimum absolute atomic E-state index is 0.0833. The average molecular weight is 382 g/mol. The SMILES string of the molecule is Cc1cc(-c2cc([C@]3(C)CC(=O)N(C)C(=N)N3)cc3ccsc23)cnc1F. The van der Waals surface area contributed by atoms with E-state index in [1.165, 1.54) is 11.1 Å². The number of aryl methyl sites for hydroxylation is 1. The number of aromatic nitrogens is 1. The number of pyridine rings is 1. The summed E-state index contributed by atoms with van der Waals surface area (Å²) in [6.07, 6.45) is 1.79. The first-order valence-electron chi connectivity index (χ1n) is 8.56. The number of amides is 1. The van der Waals surface area contributed by atoms with Gasteiger partial charge in [-0.3, -0.25) is 15.1 Å². The molecule has 0 aliphatic carbocycles. The minimum atomic E-state index is -0.686. The highest BCUT2D eigenvalue weighted by Gasteiger charge is 2.38. The van der Waals surface area contributed by atoms with Crippen LogP contribution in [0.25, 0.3) is 21.2 Å². The first-order chi connectivity index (χ1) is 12.8. The van der Waals surface area contributed by atoms with E-state index in [4.69, 9.17) is 5.41 Å². The van der Waals surface area contributed by atoms with Crippen molar-refractivity contribution in [3.8, 4) is 11.1 Å². The lowest BCUT2D eigenvalue weighted by atomic mass is 9.84. The normalized spacial score (nSPS) is 20.2. The zero-order valence-corrected chi connectivity index (χ0v) is 16.1. The van der Waals surface area contributed by atoms with Crippen molar-refractivity contribution in [1.29, 1.82) is 5.41 Å². The van der Waals surface area contributed by atoms with E-state index in [9.17, 15) is 9.18 Å². The molecule has 138 valence electrons. The highest BCUT2D eigenvalue weighted by Crippen LogP contribution is 2.38. The van der Waals surface area contributed by atoms with E-state index in [2.05, 4.69) is 16.4 Å². The van der Waals surface area contributed by atoms with Crippen molar-refractivity contribution >= 4 is 33.3 Å². The van der Waals surface area contributed by atoms with Gasteiger partial charge in [0.15, 0.2) is 5.96 Å². The molecule has 1 fully saturated rings. The molecule has 7 heteroatoms. The van der Waals surface area contributed by atoms with E-state index in [-0.39, 0.29) is 18.3 Å². The molecule has 1 aliphatic heterocycles. The maximum atomic E-state index is 13.6. The molecule has 1 atom stereocenters. The van der Waals surface area contributed by atoms with Crippen molar-refractivity contribution in [3.05, 3.63) is 52.9 Å². The molecule has 0 unspecified atom stereocenters. The summed E-state index contributed by atoms with van der Waals surface area (Å²) in [5.41, 5.74) is 2.50. The largest absolute Gasteiger partial charge is 0.346 e. The fourth-order valence-corrected chi connectivity index (χ4v) is 4.35.